The molecule has 0 aliphatic carbocycles. The molecule has 4 rings (SSSR count). The van der Waals surface area contributed by atoms with Crippen LogP contribution in [-0.2, 0) is 0 Å². The average Bonchev–Trinajstić information content (AvgIpc) is 3.14. The van der Waals surface area contributed by atoms with E-state index in [4.69, 9.17) is 0 Å². The van der Waals surface area contributed by atoms with Crippen LogP contribution in [0.15, 0.2) is 35.2 Å². The second-order valence-corrected chi connectivity index (χ2v) is 7.49. The van der Waals surface area contributed by atoms with Crippen molar-refractivity contribution in [2.24, 2.45) is 0 Å². The Bertz CT molecular complexity index is 1070. The van der Waals surface area contributed by atoms with E-state index in [1.54, 1.807) is 6.33 Å². The fourth-order valence-corrected chi connectivity index (χ4v) is 3.81. The SMILES string of the molecule is Cc1c(-c2[nH]c3ccc(Br)cc3c2C(C)C)cn2ncnc2c1C. The van der Waals surface area contributed by atoms with Crippen LogP contribution in [-0.4, -0.2) is 19.6 Å². The molecule has 0 saturated heterocycles. The number of H-pyrrole nitrogens is 1. The maximum atomic E-state index is 4.36. The van der Waals surface area contributed by atoms with Crippen molar-refractivity contribution >= 4 is 32.5 Å². The van der Waals surface area contributed by atoms with E-state index in [1.807, 2.05) is 4.52 Å². The zero-order valence-electron chi connectivity index (χ0n) is 14.2. The summed E-state index contributed by atoms with van der Waals surface area (Å²) >= 11 is 3.60. The predicted octanol–water partition coefficient (Wildman–Crippen LogP) is 5.38. The van der Waals surface area contributed by atoms with Crippen LogP contribution in [0.1, 0.15) is 36.5 Å². The molecule has 0 saturated carbocycles. The standard InChI is InChI=1S/C19H19BrN4/c1-10(2)17-14-7-13(20)5-6-16(14)23-18(17)15-8-24-19(21-9-22-24)12(4)11(15)3/h5-10,23H,1-4H3. The largest absolute Gasteiger partial charge is 0.354 e. The molecule has 3 heterocycles. The fourth-order valence-electron chi connectivity index (χ4n) is 3.45. The highest BCUT2D eigenvalue weighted by Gasteiger charge is 2.19. The Balaban J connectivity index is 2.10. The summed E-state index contributed by atoms with van der Waals surface area (Å²) < 4.78 is 2.96. The van der Waals surface area contributed by atoms with E-state index in [2.05, 4.69) is 83.1 Å². The van der Waals surface area contributed by atoms with Crippen LogP contribution in [0.2, 0.25) is 0 Å². The van der Waals surface area contributed by atoms with Crippen molar-refractivity contribution < 1.29 is 0 Å². The quantitative estimate of drug-likeness (QED) is 0.505. The Morgan fingerprint density at radius 3 is 2.71 bits per heavy atom. The van der Waals surface area contributed by atoms with Crippen molar-refractivity contribution in [1.29, 1.82) is 0 Å². The Hall–Kier alpha value is -2.14. The van der Waals surface area contributed by atoms with Crippen LogP contribution in [0.5, 0.6) is 0 Å². The van der Waals surface area contributed by atoms with Gasteiger partial charge >= 0.3 is 0 Å². The second kappa shape index (κ2) is 5.45. The van der Waals surface area contributed by atoms with Gasteiger partial charge in [0.05, 0.1) is 5.69 Å². The Kier molecular flexibility index (Phi) is 3.49. The van der Waals surface area contributed by atoms with Crippen LogP contribution >= 0.6 is 15.9 Å². The summed E-state index contributed by atoms with van der Waals surface area (Å²) in [5.74, 6) is 0.411. The van der Waals surface area contributed by atoms with E-state index in [-0.39, 0.29) is 0 Å². The number of nitrogens with zero attached hydrogens (tertiary/aromatic N) is 3. The molecule has 1 aromatic carbocycles. The van der Waals surface area contributed by atoms with E-state index in [0.717, 1.165) is 15.6 Å². The number of aromatic amines is 1. The third-order valence-corrected chi connectivity index (χ3v) is 5.27. The van der Waals surface area contributed by atoms with Crippen LogP contribution in [0, 0.1) is 13.8 Å². The maximum absolute atomic E-state index is 4.36. The minimum atomic E-state index is 0.411. The summed E-state index contributed by atoms with van der Waals surface area (Å²) in [6, 6.07) is 6.40. The van der Waals surface area contributed by atoms with Gasteiger partial charge in [-0.05, 0) is 54.7 Å². The monoisotopic (exact) mass is 382 g/mol. The molecule has 0 aliphatic rings. The minimum Gasteiger partial charge on any atom is -0.354 e. The first kappa shape index (κ1) is 15.4. The second-order valence-electron chi connectivity index (χ2n) is 6.58. The first-order chi connectivity index (χ1) is 11.5. The summed E-state index contributed by atoms with van der Waals surface area (Å²) in [6.07, 6.45) is 3.69. The summed E-state index contributed by atoms with van der Waals surface area (Å²) in [4.78, 5) is 7.99. The molecule has 5 heteroatoms. The summed E-state index contributed by atoms with van der Waals surface area (Å²) in [7, 11) is 0. The van der Waals surface area contributed by atoms with Gasteiger partial charge in [0.2, 0.25) is 0 Å². The smallest absolute Gasteiger partial charge is 0.158 e. The Labute approximate surface area is 149 Å². The summed E-state index contributed by atoms with van der Waals surface area (Å²) in [5, 5.41) is 5.60. The zero-order valence-corrected chi connectivity index (χ0v) is 15.8. The molecule has 3 aromatic heterocycles. The molecule has 4 aromatic rings. The lowest BCUT2D eigenvalue weighted by atomic mass is 9.94. The van der Waals surface area contributed by atoms with Gasteiger partial charge in [0.25, 0.3) is 0 Å². The third-order valence-electron chi connectivity index (χ3n) is 4.77. The number of aromatic nitrogens is 4. The zero-order chi connectivity index (χ0) is 17.0. The van der Waals surface area contributed by atoms with Gasteiger partial charge < -0.3 is 4.98 Å². The summed E-state index contributed by atoms with van der Waals surface area (Å²) in [5.41, 5.74) is 8.18. The number of benzene rings is 1. The van der Waals surface area contributed by atoms with Crippen molar-refractivity contribution in [3.63, 3.8) is 0 Å². The summed E-state index contributed by atoms with van der Waals surface area (Å²) in [6.45, 7) is 8.74. The van der Waals surface area contributed by atoms with Gasteiger partial charge in [-0.2, -0.15) is 5.10 Å². The molecule has 122 valence electrons. The van der Waals surface area contributed by atoms with E-state index in [1.165, 1.54) is 33.3 Å². The molecule has 0 radical (unpaired) electrons. The molecule has 0 spiro atoms. The fraction of sp³-hybridized carbons (Fsp3) is 0.263. The van der Waals surface area contributed by atoms with Crippen LogP contribution < -0.4 is 0 Å². The Morgan fingerprint density at radius 1 is 1.17 bits per heavy atom. The number of fused-ring (bicyclic) bond motifs is 2. The number of hydrogen-bond acceptors (Lipinski definition) is 2. The van der Waals surface area contributed by atoms with Crippen LogP contribution in [0.25, 0.3) is 27.8 Å². The van der Waals surface area contributed by atoms with Crippen LogP contribution in [0.4, 0.5) is 0 Å². The molecule has 24 heavy (non-hydrogen) atoms. The molecule has 1 N–H and O–H groups in total. The lowest BCUT2D eigenvalue weighted by molar-refractivity contribution is 0.876. The number of pyridine rings is 1. The van der Waals surface area contributed by atoms with Crippen molar-refractivity contribution in [2.45, 2.75) is 33.6 Å². The highest BCUT2D eigenvalue weighted by Crippen LogP contribution is 2.38. The molecular formula is C19H19BrN4. The van der Waals surface area contributed by atoms with Crippen molar-refractivity contribution in [1.82, 2.24) is 19.6 Å². The van der Waals surface area contributed by atoms with E-state index >= 15 is 0 Å². The van der Waals surface area contributed by atoms with Gasteiger partial charge in [-0.25, -0.2) is 9.50 Å². The number of nitrogens with one attached hydrogen (secondary N) is 1. The molecule has 0 unspecified atom stereocenters. The molecule has 0 fully saturated rings. The first-order valence-electron chi connectivity index (χ1n) is 8.08. The number of aryl methyl sites for hydroxylation is 1. The molecule has 4 nitrogen and oxygen atoms in total. The van der Waals surface area contributed by atoms with Crippen molar-refractivity contribution in [3.8, 4) is 11.3 Å². The molecule has 0 bridgehead atoms. The number of rotatable bonds is 2. The highest BCUT2D eigenvalue weighted by molar-refractivity contribution is 9.10. The molecular weight excluding hydrogens is 364 g/mol. The molecule has 0 atom stereocenters. The normalized spacial score (nSPS) is 11.9. The minimum absolute atomic E-state index is 0.411. The van der Waals surface area contributed by atoms with E-state index in [9.17, 15) is 0 Å². The van der Waals surface area contributed by atoms with Crippen molar-refractivity contribution in [2.75, 3.05) is 0 Å². The van der Waals surface area contributed by atoms with Crippen LogP contribution in [0.3, 0.4) is 0 Å². The van der Waals surface area contributed by atoms with Gasteiger partial charge in [0.1, 0.15) is 6.33 Å². The third kappa shape index (κ3) is 2.18. The van der Waals surface area contributed by atoms with Crippen molar-refractivity contribution in [3.05, 3.63) is 51.9 Å². The molecule has 0 amide bonds. The van der Waals surface area contributed by atoms with E-state index < -0.39 is 0 Å². The number of halogens is 1. The lowest BCUT2D eigenvalue weighted by Gasteiger charge is -2.13. The lowest BCUT2D eigenvalue weighted by Crippen LogP contribution is -1.99. The Morgan fingerprint density at radius 2 is 1.96 bits per heavy atom. The predicted molar refractivity (Wildman–Crippen MR) is 102 cm³/mol. The van der Waals surface area contributed by atoms with E-state index in [0.29, 0.717) is 5.92 Å². The van der Waals surface area contributed by atoms with Gasteiger partial charge in [-0.3, -0.25) is 0 Å². The van der Waals surface area contributed by atoms with Gasteiger partial charge in [0.15, 0.2) is 5.65 Å². The topological polar surface area (TPSA) is 46.0 Å². The highest BCUT2D eigenvalue weighted by atomic mass is 79.9. The first-order valence-corrected chi connectivity index (χ1v) is 8.87. The van der Waals surface area contributed by atoms with Gasteiger partial charge in [-0.1, -0.05) is 29.8 Å². The van der Waals surface area contributed by atoms with Gasteiger partial charge in [-0.15, -0.1) is 0 Å². The average molecular weight is 383 g/mol. The number of hydrogen-bond donors (Lipinski definition) is 1. The molecule has 0 aliphatic heterocycles. The maximum Gasteiger partial charge on any atom is 0.158 e. The van der Waals surface area contributed by atoms with Gasteiger partial charge in [0, 0.05) is 27.1 Å².